The minimum atomic E-state index is -3.45. The van der Waals surface area contributed by atoms with Crippen molar-refractivity contribution in [2.45, 2.75) is 43.9 Å². The minimum absolute atomic E-state index is 0.0675. The Balaban J connectivity index is 1.58. The molecule has 1 N–H and O–H groups in total. The first-order valence-electron chi connectivity index (χ1n) is 8.86. The molecule has 7 nitrogen and oxygen atoms in total. The van der Waals surface area contributed by atoms with Crippen molar-refractivity contribution in [1.29, 1.82) is 0 Å². The second-order valence-electron chi connectivity index (χ2n) is 6.33. The molecule has 3 heterocycles. The fraction of sp³-hybridized carbons (Fsp3) is 0.529. The molecule has 0 bridgehead atoms. The second-order valence-corrected chi connectivity index (χ2v) is 9.66. The summed E-state index contributed by atoms with van der Waals surface area (Å²) in [6.45, 7) is 5.47. The average Bonchev–Trinajstić information content (AvgIpc) is 3.31. The first kappa shape index (κ1) is 19.1. The fourth-order valence-electron chi connectivity index (χ4n) is 3.02. The zero-order chi connectivity index (χ0) is 18.7. The van der Waals surface area contributed by atoms with Crippen LogP contribution in [0.2, 0.25) is 0 Å². The molecule has 0 radical (unpaired) electrons. The van der Waals surface area contributed by atoms with E-state index in [4.69, 9.17) is 0 Å². The molecular formula is C17H24N4O3S2. The van der Waals surface area contributed by atoms with E-state index in [-0.39, 0.29) is 11.8 Å². The quantitative estimate of drug-likeness (QED) is 0.813. The molecule has 0 saturated carbocycles. The summed E-state index contributed by atoms with van der Waals surface area (Å²) in [7, 11) is -3.45. The Morgan fingerprint density at radius 2 is 2.04 bits per heavy atom. The van der Waals surface area contributed by atoms with Gasteiger partial charge in [0.1, 0.15) is 4.21 Å². The van der Waals surface area contributed by atoms with Crippen LogP contribution in [0.25, 0.3) is 0 Å². The molecule has 0 aliphatic carbocycles. The van der Waals surface area contributed by atoms with Gasteiger partial charge in [0.05, 0.1) is 11.9 Å². The lowest BCUT2D eigenvalue weighted by Crippen LogP contribution is -2.41. The van der Waals surface area contributed by atoms with Crippen LogP contribution >= 0.6 is 11.3 Å². The number of hydrogen-bond acceptors (Lipinski definition) is 5. The number of rotatable bonds is 6. The summed E-state index contributed by atoms with van der Waals surface area (Å²) in [5.74, 6) is -0.247. The van der Waals surface area contributed by atoms with Crippen LogP contribution in [0.3, 0.4) is 0 Å². The zero-order valence-corrected chi connectivity index (χ0v) is 16.6. The highest BCUT2D eigenvalue weighted by Crippen LogP contribution is 2.29. The Kier molecular flexibility index (Phi) is 5.79. The maximum absolute atomic E-state index is 12.7. The van der Waals surface area contributed by atoms with Gasteiger partial charge in [-0.3, -0.25) is 9.48 Å². The molecule has 1 saturated heterocycles. The molecule has 1 aliphatic heterocycles. The molecular weight excluding hydrogens is 372 g/mol. The van der Waals surface area contributed by atoms with E-state index in [1.54, 1.807) is 23.1 Å². The molecule has 26 heavy (non-hydrogen) atoms. The number of nitrogens with one attached hydrogen (secondary N) is 1. The van der Waals surface area contributed by atoms with Crippen LogP contribution < -0.4 is 5.32 Å². The third-order valence-corrected chi connectivity index (χ3v) is 8.22. The number of aromatic nitrogens is 2. The highest BCUT2D eigenvalue weighted by atomic mass is 32.2. The Morgan fingerprint density at radius 1 is 1.31 bits per heavy atom. The second kappa shape index (κ2) is 7.89. The number of carbonyl (C=O) groups excluding carboxylic acids is 1. The number of sulfonamides is 1. The van der Waals surface area contributed by atoms with Gasteiger partial charge in [0.25, 0.3) is 10.0 Å². The van der Waals surface area contributed by atoms with Crippen molar-refractivity contribution in [2.75, 3.05) is 18.4 Å². The van der Waals surface area contributed by atoms with E-state index >= 15 is 0 Å². The van der Waals surface area contributed by atoms with Crippen molar-refractivity contribution in [3.63, 3.8) is 0 Å². The molecule has 0 spiro atoms. The van der Waals surface area contributed by atoms with E-state index in [1.807, 2.05) is 19.9 Å². The van der Waals surface area contributed by atoms with Crippen LogP contribution in [0.1, 0.15) is 31.6 Å². The van der Waals surface area contributed by atoms with Gasteiger partial charge in [-0.1, -0.05) is 6.92 Å². The van der Waals surface area contributed by atoms with Crippen molar-refractivity contribution in [3.05, 3.63) is 29.4 Å². The molecule has 142 valence electrons. The molecule has 3 rings (SSSR count). The van der Waals surface area contributed by atoms with Gasteiger partial charge in [0.15, 0.2) is 0 Å². The first-order chi connectivity index (χ1) is 12.4. The predicted molar refractivity (Wildman–Crippen MR) is 102 cm³/mol. The van der Waals surface area contributed by atoms with Crippen molar-refractivity contribution >= 4 is 33.0 Å². The molecule has 2 aromatic heterocycles. The predicted octanol–water partition coefficient (Wildman–Crippen LogP) is 2.57. The minimum Gasteiger partial charge on any atom is -0.323 e. The Labute approximate surface area is 158 Å². The largest absolute Gasteiger partial charge is 0.323 e. The first-order valence-corrected chi connectivity index (χ1v) is 11.1. The molecule has 0 atom stereocenters. The maximum atomic E-state index is 12.7. The molecule has 1 fully saturated rings. The summed E-state index contributed by atoms with van der Waals surface area (Å²) in [5.41, 5.74) is 0.678. The van der Waals surface area contributed by atoms with Crippen LogP contribution in [0.15, 0.2) is 28.7 Å². The monoisotopic (exact) mass is 396 g/mol. The Morgan fingerprint density at radius 3 is 2.62 bits per heavy atom. The molecule has 2 aromatic rings. The van der Waals surface area contributed by atoms with Crippen molar-refractivity contribution in [3.8, 4) is 0 Å². The summed E-state index contributed by atoms with van der Waals surface area (Å²) in [6.07, 6.45) is 5.30. The van der Waals surface area contributed by atoms with Crippen LogP contribution in [0, 0.1) is 5.92 Å². The van der Waals surface area contributed by atoms with E-state index in [0.29, 0.717) is 35.8 Å². The summed E-state index contributed by atoms with van der Waals surface area (Å²) in [5, 5.41) is 7.01. The van der Waals surface area contributed by atoms with E-state index in [0.717, 1.165) is 17.8 Å². The molecule has 0 aromatic carbocycles. The van der Waals surface area contributed by atoms with Gasteiger partial charge in [0.2, 0.25) is 5.91 Å². The summed E-state index contributed by atoms with van der Waals surface area (Å²) in [4.78, 5) is 13.5. The van der Waals surface area contributed by atoms with Gasteiger partial charge in [0, 0.05) is 36.6 Å². The average molecular weight is 397 g/mol. The summed E-state index contributed by atoms with van der Waals surface area (Å²) in [6, 6.07) is 3.55. The third kappa shape index (κ3) is 3.99. The third-order valence-electron chi connectivity index (χ3n) is 4.63. The molecule has 0 unspecified atom stereocenters. The van der Waals surface area contributed by atoms with Crippen LogP contribution in [0.5, 0.6) is 0 Å². The van der Waals surface area contributed by atoms with Crippen molar-refractivity contribution in [1.82, 2.24) is 14.1 Å². The van der Waals surface area contributed by atoms with Gasteiger partial charge in [-0.05, 0) is 38.3 Å². The molecule has 1 aliphatic rings. The Bertz CT molecular complexity index is 864. The van der Waals surface area contributed by atoms with Crippen LogP contribution in [-0.4, -0.2) is 41.5 Å². The number of piperidine rings is 1. The van der Waals surface area contributed by atoms with Gasteiger partial charge in [-0.2, -0.15) is 9.40 Å². The van der Waals surface area contributed by atoms with Gasteiger partial charge < -0.3 is 5.32 Å². The highest BCUT2D eigenvalue weighted by Gasteiger charge is 2.33. The van der Waals surface area contributed by atoms with Gasteiger partial charge in [-0.15, -0.1) is 11.3 Å². The Hall–Kier alpha value is -1.71. The SMILES string of the molecule is CCc1ccc(S(=O)(=O)N2CCC(C(=O)Nc3cnn(CC)c3)CC2)s1. The lowest BCUT2D eigenvalue weighted by atomic mass is 9.97. The van der Waals surface area contributed by atoms with Crippen molar-refractivity contribution < 1.29 is 13.2 Å². The zero-order valence-electron chi connectivity index (χ0n) is 15.0. The smallest absolute Gasteiger partial charge is 0.252 e. The number of amides is 1. The van der Waals surface area contributed by atoms with Crippen LogP contribution in [-0.2, 0) is 27.8 Å². The summed E-state index contributed by atoms with van der Waals surface area (Å²) >= 11 is 1.33. The number of hydrogen-bond donors (Lipinski definition) is 1. The van der Waals surface area contributed by atoms with E-state index < -0.39 is 10.0 Å². The normalized spacial score (nSPS) is 16.7. The fourth-order valence-corrected chi connectivity index (χ4v) is 5.94. The number of aryl methyl sites for hydroxylation is 2. The number of nitrogens with zero attached hydrogens (tertiary/aromatic N) is 3. The topological polar surface area (TPSA) is 84.3 Å². The van der Waals surface area contributed by atoms with E-state index in [1.165, 1.54) is 15.6 Å². The number of anilines is 1. The lowest BCUT2D eigenvalue weighted by Gasteiger charge is -2.30. The van der Waals surface area contributed by atoms with Crippen molar-refractivity contribution in [2.24, 2.45) is 5.92 Å². The molecule has 9 heteroatoms. The van der Waals surface area contributed by atoms with Crippen LogP contribution in [0.4, 0.5) is 5.69 Å². The number of carbonyl (C=O) groups is 1. The number of thiophene rings is 1. The molecule has 1 amide bonds. The van der Waals surface area contributed by atoms with Gasteiger partial charge >= 0.3 is 0 Å². The highest BCUT2D eigenvalue weighted by molar-refractivity contribution is 7.91. The van der Waals surface area contributed by atoms with E-state index in [2.05, 4.69) is 10.4 Å². The van der Waals surface area contributed by atoms with Gasteiger partial charge in [-0.25, -0.2) is 8.42 Å². The summed E-state index contributed by atoms with van der Waals surface area (Å²) < 4.78 is 29.1. The van der Waals surface area contributed by atoms with E-state index in [9.17, 15) is 13.2 Å². The lowest BCUT2D eigenvalue weighted by molar-refractivity contribution is -0.120. The standard InChI is InChI=1S/C17H24N4O3S2/c1-3-15-5-6-16(25-15)26(23,24)21-9-7-13(8-10-21)17(22)19-14-11-18-20(4-2)12-14/h5-6,11-13H,3-4,7-10H2,1-2H3,(H,19,22). The maximum Gasteiger partial charge on any atom is 0.252 e.